The number of nitrogens with zero attached hydrogens (tertiary/aromatic N) is 3. The van der Waals surface area contributed by atoms with Crippen molar-refractivity contribution in [2.75, 3.05) is 37.7 Å². The number of unbranched alkanes of at least 4 members (excludes halogenated alkanes) is 1. The standard InChI is InChI=1S/C32H42N4O5/c1-5-6-13-40-30-24(32(2,3)4)14-22(15-26(30)35-12-11-23(17-35)41-19-28(38)39)27(37)18-36-16-21-9-10-25(20-7-8-20)34-29(21)31(36)33/h9-10,14-15,20,23,33H,5-8,11-13,16-19H2,1-4H3,(H,38,39). The lowest BCUT2D eigenvalue weighted by atomic mass is 9.84. The summed E-state index contributed by atoms with van der Waals surface area (Å²) in [5.41, 5.74) is 4.84. The first-order valence-electron chi connectivity index (χ1n) is 14.8. The number of benzene rings is 1. The normalized spacial score (nSPS) is 18.6. The van der Waals surface area contributed by atoms with Crippen molar-refractivity contribution in [3.05, 3.63) is 52.3 Å². The number of hydrogen-bond donors (Lipinski definition) is 2. The molecule has 3 heterocycles. The number of carbonyl (C=O) groups is 2. The SMILES string of the molecule is CCCCOc1c(N2CCC(OCC(=O)O)C2)cc(C(=O)CN2Cc3ccc(C4CC4)nc3C2=N)cc1C(C)(C)C. The summed E-state index contributed by atoms with van der Waals surface area (Å²) >= 11 is 0. The van der Waals surface area contributed by atoms with Crippen LogP contribution >= 0.6 is 0 Å². The zero-order valence-corrected chi connectivity index (χ0v) is 24.7. The fourth-order valence-electron chi connectivity index (χ4n) is 5.59. The highest BCUT2D eigenvalue weighted by atomic mass is 16.5. The number of pyridine rings is 1. The monoisotopic (exact) mass is 562 g/mol. The minimum absolute atomic E-state index is 0.0605. The molecule has 2 fully saturated rings. The number of carbonyl (C=O) groups excluding carboxylic acids is 1. The molecule has 9 nitrogen and oxygen atoms in total. The summed E-state index contributed by atoms with van der Waals surface area (Å²) < 4.78 is 12.0. The average Bonchev–Trinajstić information content (AvgIpc) is 3.59. The second-order valence-corrected chi connectivity index (χ2v) is 12.5. The largest absolute Gasteiger partial charge is 0.491 e. The van der Waals surface area contributed by atoms with Gasteiger partial charge in [0.15, 0.2) is 5.78 Å². The topological polar surface area (TPSA) is 116 Å². The molecule has 0 radical (unpaired) electrons. The zero-order valence-electron chi connectivity index (χ0n) is 24.7. The van der Waals surface area contributed by atoms with Gasteiger partial charge in [0, 0.05) is 47.9 Å². The van der Waals surface area contributed by atoms with Gasteiger partial charge in [-0.2, -0.15) is 0 Å². The molecule has 1 saturated heterocycles. The third-order valence-corrected chi connectivity index (χ3v) is 8.10. The Kier molecular flexibility index (Phi) is 8.36. The smallest absolute Gasteiger partial charge is 0.329 e. The molecule has 5 rings (SSSR count). The van der Waals surface area contributed by atoms with E-state index in [9.17, 15) is 9.59 Å². The van der Waals surface area contributed by atoms with Crippen LogP contribution in [0.3, 0.4) is 0 Å². The molecule has 3 aliphatic rings. The summed E-state index contributed by atoms with van der Waals surface area (Å²) in [5, 5.41) is 17.8. The van der Waals surface area contributed by atoms with Gasteiger partial charge in [-0.1, -0.05) is 40.2 Å². The molecule has 1 aromatic heterocycles. The van der Waals surface area contributed by atoms with Gasteiger partial charge in [-0.25, -0.2) is 9.78 Å². The van der Waals surface area contributed by atoms with Crippen molar-refractivity contribution in [1.82, 2.24) is 9.88 Å². The van der Waals surface area contributed by atoms with E-state index in [-0.39, 0.29) is 30.5 Å². The van der Waals surface area contributed by atoms with E-state index in [1.165, 1.54) is 0 Å². The summed E-state index contributed by atoms with van der Waals surface area (Å²) in [4.78, 5) is 33.6. The maximum absolute atomic E-state index is 13.8. The van der Waals surface area contributed by atoms with Crippen molar-refractivity contribution in [2.45, 2.75) is 83.8 Å². The Morgan fingerprint density at radius 2 is 1.95 bits per heavy atom. The Bertz CT molecular complexity index is 1330. The number of ether oxygens (including phenoxy) is 2. The number of Topliss-reactive ketones (excluding diaryl/α,β-unsaturated/α-hetero) is 1. The van der Waals surface area contributed by atoms with Crippen LogP contribution in [-0.4, -0.2) is 71.5 Å². The Labute approximate surface area is 242 Å². The number of nitrogens with one attached hydrogen (secondary N) is 1. The molecule has 1 atom stereocenters. The Morgan fingerprint density at radius 1 is 1.17 bits per heavy atom. The van der Waals surface area contributed by atoms with Crippen LogP contribution < -0.4 is 9.64 Å². The molecular weight excluding hydrogens is 520 g/mol. The van der Waals surface area contributed by atoms with Crippen LogP contribution in [0.4, 0.5) is 5.69 Å². The third-order valence-electron chi connectivity index (χ3n) is 8.10. The molecule has 1 aromatic carbocycles. The molecule has 2 aromatic rings. The predicted octanol–water partition coefficient (Wildman–Crippen LogP) is 5.14. The first kappa shape index (κ1) is 29.0. The van der Waals surface area contributed by atoms with Crippen LogP contribution in [0.1, 0.15) is 98.6 Å². The van der Waals surface area contributed by atoms with Crippen molar-refractivity contribution in [3.63, 3.8) is 0 Å². The van der Waals surface area contributed by atoms with Crippen molar-refractivity contribution < 1.29 is 24.2 Å². The zero-order chi connectivity index (χ0) is 29.3. The number of aliphatic carboxylic acids is 1. The lowest BCUT2D eigenvalue weighted by molar-refractivity contribution is -0.143. The van der Waals surface area contributed by atoms with Crippen molar-refractivity contribution in [2.24, 2.45) is 0 Å². The molecule has 2 aliphatic heterocycles. The van der Waals surface area contributed by atoms with Gasteiger partial charge in [0.25, 0.3) is 0 Å². The molecule has 0 bridgehead atoms. The highest BCUT2D eigenvalue weighted by Gasteiger charge is 2.34. The molecule has 1 saturated carbocycles. The number of anilines is 1. The predicted molar refractivity (Wildman–Crippen MR) is 158 cm³/mol. The molecule has 0 spiro atoms. The number of amidine groups is 1. The fraction of sp³-hybridized carbons (Fsp3) is 0.562. The van der Waals surface area contributed by atoms with E-state index in [0.29, 0.717) is 55.7 Å². The second kappa shape index (κ2) is 11.8. The Hall–Kier alpha value is -3.46. The number of carboxylic acid groups (broad SMARTS) is 1. The highest BCUT2D eigenvalue weighted by Crippen LogP contribution is 2.42. The summed E-state index contributed by atoms with van der Waals surface area (Å²) in [6.45, 7) is 10.5. The van der Waals surface area contributed by atoms with Gasteiger partial charge in [-0.05, 0) is 49.3 Å². The van der Waals surface area contributed by atoms with Crippen molar-refractivity contribution >= 4 is 23.3 Å². The van der Waals surface area contributed by atoms with E-state index >= 15 is 0 Å². The van der Waals surface area contributed by atoms with E-state index in [1.807, 2.05) is 17.0 Å². The van der Waals surface area contributed by atoms with Crippen LogP contribution in [0.25, 0.3) is 0 Å². The maximum Gasteiger partial charge on any atom is 0.329 e. The van der Waals surface area contributed by atoms with E-state index in [4.69, 9.17) is 25.0 Å². The van der Waals surface area contributed by atoms with E-state index in [2.05, 4.69) is 44.7 Å². The van der Waals surface area contributed by atoms with E-state index in [1.54, 1.807) is 0 Å². The first-order valence-corrected chi connectivity index (χ1v) is 14.8. The minimum atomic E-state index is -0.983. The second-order valence-electron chi connectivity index (χ2n) is 12.5. The molecule has 1 unspecified atom stereocenters. The molecule has 1 aliphatic carbocycles. The van der Waals surface area contributed by atoms with Crippen LogP contribution in [0.15, 0.2) is 24.3 Å². The van der Waals surface area contributed by atoms with Crippen molar-refractivity contribution in [1.29, 1.82) is 5.41 Å². The van der Waals surface area contributed by atoms with Gasteiger partial charge in [0.2, 0.25) is 0 Å². The molecular formula is C32H42N4O5. The number of ketones is 1. The number of fused-ring (bicyclic) bond motifs is 1. The lowest BCUT2D eigenvalue weighted by Crippen LogP contribution is -2.31. The van der Waals surface area contributed by atoms with Crippen LogP contribution in [0, 0.1) is 5.41 Å². The van der Waals surface area contributed by atoms with E-state index < -0.39 is 5.97 Å². The number of rotatable bonds is 12. The summed E-state index contributed by atoms with van der Waals surface area (Å²) in [6.07, 6.45) is 4.73. The summed E-state index contributed by atoms with van der Waals surface area (Å²) in [7, 11) is 0. The summed E-state index contributed by atoms with van der Waals surface area (Å²) in [6, 6.07) is 7.99. The molecule has 9 heteroatoms. The van der Waals surface area contributed by atoms with Gasteiger partial charge in [0.05, 0.1) is 24.9 Å². The van der Waals surface area contributed by atoms with Crippen LogP contribution in [0.5, 0.6) is 5.75 Å². The number of carboxylic acids is 1. The fourth-order valence-corrected chi connectivity index (χ4v) is 5.59. The molecule has 2 N–H and O–H groups in total. The highest BCUT2D eigenvalue weighted by molar-refractivity contribution is 6.05. The lowest BCUT2D eigenvalue weighted by Gasteiger charge is -2.30. The van der Waals surface area contributed by atoms with Gasteiger partial charge in [0.1, 0.15) is 23.9 Å². The summed E-state index contributed by atoms with van der Waals surface area (Å²) in [5.74, 6) is 0.554. The van der Waals surface area contributed by atoms with E-state index in [0.717, 1.165) is 53.9 Å². The average molecular weight is 563 g/mol. The van der Waals surface area contributed by atoms with Crippen LogP contribution in [0.2, 0.25) is 0 Å². The van der Waals surface area contributed by atoms with Crippen LogP contribution in [-0.2, 0) is 21.5 Å². The van der Waals surface area contributed by atoms with Gasteiger partial charge in [-0.15, -0.1) is 0 Å². The molecule has 220 valence electrons. The molecule has 0 amide bonds. The third kappa shape index (κ3) is 6.56. The maximum atomic E-state index is 13.8. The first-order chi connectivity index (χ1) is 19.5. The Morgan fingerprint density at radius 3 is 2.63 bits per heavy atom. The Balaban J connectivity index is 1.42. The molecule has 41 heavy (non-hydrogen) atoms. The van der Waals surface area contributed by atoms with Crippen molar-refractivity contribution in [3.8, 4) is 5.75 Å². The number of hydrogen-bond acceptors (Lipinski definition) is 7. The minimum Gasteiger partial charge on any atom is -0.491 e. The number of aromatic nitrogens is 1. The van der Waals surface area contributed by atoms with Gasteiger partial charge < -0.3 is 24.4 Å². The quantitative estimate of drug-likeness (QED) is 0.270. The van der Waals surface area contributed by atoms with Gasteiger partial charge in [-0.3, -0.25) is 10.2 Å². The van der Waals surface area contributed by atoms with Gasteiger partial charge >= 0.3 is 5.97 Å².